The van der Waals surface area contributed by atoms with Crippen molar-refractivity contribution in [3.05, 3.63) is 53.4 Å². The van der Waals surface area contributed by atoms with Crippen molar-refractivity contribution >= 4 is 16.8 Å². The quantitative estimate of drug-likeness (QED) is 0.423. The maximum atomic E-state index is 6.17. The number of nitrogens with one attached hydrogen (secondary N) is 2. The largest absolute Gasteiger partial charge is 0.486 e. The van der Waals surface area contributed by atoms with Gasteiger partial charge >= 0.3 is 0 Å². The minimum Gasteiger partial charge on any atom is -0.486 e. The zero-order valence-corrected chi connectivity index (χ0v) is 18.4. The molecular weight excluding hydrogens is 404 g/mol. The third-order valence-corrected chi connectivity index (χ3v) is 6.39. The van der Waals surface area contributed by atoms with E-state index in [4.69, 9.17) is 14.9 Å². The molecule has 4 aromatic rings. The normalized spacial score (nSPS) is 14.8. The fraction of sp³-hybridized carbons (Fsp3) is 0.375. The number of piperidine rings is 1. The van der Waals surface area contributed by atoms with Crippen LogP contribution in [0.4, 0.5) is 5.82 Å². The van der Waals surface area contributed by atoms with Crippen LogP contribution in [0.25, 0.3) is 22.1 Å². The average Bonchev–Trinajstić information content (AvgIpc) is 3.44. The molecule has 0 amide bonds. The van der Waals surface area contributed by atoms with Gasteiger partial charge in [0, 0.05) is 47.8 Å². The van der Waals surface area contributed by atoms with Gasteiger partial charge in [0.1, 0.15) is 6.26 Å². The van der Waals surface area contributed by atoms with Gasteiger partial charge in [0.2, 0.25) is 5.75 Å². The number of ether oxygens (including phenoxy) is 1. The van der Waals surface area contributed by atoms with E-state index in [9.17, 15) is 0 Å². The molecule has 4 N–H and O–H groups in total. The molecule has 4 aromatic heterocycles. The summed E-state index contributed by atoms with van der Waals surface area (Å²) >= 11 is 0. The number of nitrogens with two attached hydrogens (primary N) is 1. The molecule has 5 heterocycles. The zero-order chi connectivity index (χ0) is 22.1. The van der Waals surface area contributed by atoms with Crippen LogP contribution in [-0.2, 0) is 6.42 Å². The van der Waals surface area contributed by atoms with Crippen LogP contribution in [0, 0.1) is 13.8 Å². The maximum absolute atomic E-state index is 6.17. The van der Waals surface area contributed by atoms with Gasteiger partial charge in [-0.05, 0) is 57.0 Å². The van der Waals surface area contributed by atoms with Crippen LogP contribution in [0.2, 0.25) is 0 Å². The number of aromatic amines is 1. The Morgan fingerprint density at radius 2 is 2.03 bits per heavy atom. The molecule has 0 radical (unpaired) electrons. The number of anilines is 1. The molecule has 166 valence electrons. The first-order valence-electron chi connectivity index (χ1n) is 11.1. The zero-order valence-electron chi connectivity index (χ0n) is 18.4. The number of fused-ring (bicyclic) bond motifs is 1. The molecule has 0 unspecified atom stereocenters. The van der Waals surface area contributed by atoms with Crippen LogP contribution in [-0.4, -0.2) is 39.9 Å². The monoisotopic (exact) mass is 432 g/mol. The Morgan fingerprint density at radius 1 is 1.19 bits per heavy atom. The molecule has 0 saturated carbocycles. The van der Waals surface area contributed by atoms with Gasteiger partial charge in [-0.3, -0.25) is 10.1 Å². The average molecular weight is 433 g/mol. The van der Waals surface area contributed by atoms with Crippen LogP contribution in [0.3, 0.4) is 0 Å². The number of aryl methyl sites for hydroxylation is 2. The maximum Gasteiger partial charge on any atom is 0.205 e. The predicted molar refractivity (Wildman–Crippen MR) is 124 cm³/mol. The van der Waals surface area contributed by atoms with Crippen molar-refractivity contribution in [2.75, 3.05) is 25.4 Å². The van der Waals surface area contributed by atoms with Crippen molar-refractivity contribution in [2.24, 2.45) is 0 Å². The van der Waals surface area contributed by atoms with Gasteiger partial charge in [-0.1, -0.05) is 0 Å². The number of rotatable bonds is 6. The highest BCUT2D eigenvalue weighted by atomic mass is 16.5. The second kappa shape index (κ2) is 8.63. The molecule has 0 atom stereocenters. The van der Waals surface area contributed by atoms with E-state index in [1.807, 2.05) is 25.4 Å². The second-order valence-electron chi connectivity index (χ2n) is 8.36. The van der Waals surface area contributed by atoms with Gasteiger partial charge in [0.05, 0.1) is 17.7 Å². The number of hydrogen-bond donors (Lipinski definition) is 3. The first-order chi connectivity index (χ1) is 15.6. The summed E-state index contributed by atoms with van der Waals surface area (Å²) in [5.74, 6) is 1.23. The summed E-state index contributed by atoms with van der Waals surface area (Å²) in [5, 5.41) is 11.9. The molecule has 0 aromatic carbocycles. The van der Waals surface area contributed by atoms with Gasteiger partial charge in [0.25, 0.3) is 0 Å². The minimum atomic E-state index is 0.323. The summed E-state index contributed by atoms with van der Waals surface area (Å²) in [6.45, 7) is 6.58. The van der Waals surface area contributed by atoms with E-state index in [-0.39, 0.29) is 0 Å². The van der Waals surface area contributed by atoms with E-state index in [0.717, 1.165) is 60.3 Å². The van der Waals surface area contributed by atoms with E-state index < -0.39 is 0 Å². The lowest BCUT2D eigenvalue weighted by Gasteiger charge is -2.21. The van der Waals surface area contributed by atoms with Crippen molar-refractivity contribution < 1.29 is 9.15 Å². The second-order valence-corrected chi connectivity index (χ2v) is 8.36. The Kier molecular flexibility index (Phi) is 5.53. The van der Waals surface area contributed by atoms with E-state index in [0.29, 0.717) is 29.7 Å². The standard InChI is InChI=1S/C24H28N6O2/c1-14-3-9-27-15(2)17(14)6-10-31-23-22-19(11-28-24(23)25)20(13-32-22)18-12-29-30-21(18)16-4-7-26-8-5-16/h3,9,11-13,16,26H,4-8,10H2,1-2H3,(H2,25,28)(H,29,30). The molecule has 1 saturated heterocycles. The smallest absolute Gasteiger partial charge is 0.205 e. The first kappa shape index (κ1) is 20.5. The number of hydrogen-bond acceptors (Lipinski definition) is 7. The molecule has 0 aliphatic carbocycles. The van der Waals surface area contributed by atoms with Gasteiger partial charge in [-0.25, -0.2) is 4.98 Å². The number of furan rings is 1. The molecule has 8 nitrogen and oxygen atoms in total. The van der Waals surface area contributed by atoms with E-state index in [2.05, 4.69) is 32.4 Å². The Balaban J connectivity index is 1.43. The molecule has 1 aliphatic heterocycles. The Hall–Kier alpha value is -3.39. The Morgan fingerprint density at radius 3 is 2.84 bits per heavy atom. The Bertz CT molecular complexity index is 1220. The van der Waals surface area contributed by atoms with Gasteiger partial charge in [-0.15, -0.1) is 0 Å². The summed E-state index contributed by atoms with van der Waals surface area (Å²) in [6.07, 6.45) is 10.1. The topological polar surface area (TPSA) is 115 Å². The van der Waals surface area contributed by atoms with Gasteiger partial charge < -0.3 is 20.2 Å². The number of nitrogens with zero attached hydrogens (tertiary/aromatic N) is 3. The fourth-order valence-corrected chi connectivity index (χ4v) is 4.61. The summed E-state index contributed by atoms with van der Waals surface area (Å²) in [7, 11) is 0. The van der Waals surface area contributed by atoms with Crippen molar-refractivity contribution in [1.82, 2.24) is 25.5 Å². The van der Waals surface area contributed by atoms with Crippen LogP contribution < -0.4 is 15.8 Å². The Labute approximate surface area is 186 Å². The number of H-pyrrole nitrogens is 1. The molecule has 8 heteroatoms. The lowest BCUT2D eigenvalue weighted by Crippen LogP contribution is -2.27. The lowest BCUT2D eigenvalue weighted by atomic mass is 9.90. The molecule has 5 rings (SSSR count). The van der Waals surface area contributed by atoms with Crippen molar-refractivity contribution in [2.45, 2.75) is 39.0 Å². The van der Waals surface area contributed by atoms with Crippen molar-refractivity contribution in [3.8, 4) is 16.9 Å². The SMILES string of the molecule is Cc1ccnc(C)c1CCOc1c(N)ncc2c(-c3c[nH]nc3C3CCNCC3)coc12. The van der Waals surface area contributed by atoms with Gasteiger partial charge in [0.15, 0.2) is 11.4 Å². The van der Waals surface area contributed by atoms with E-state index in [1.54, 1.807) is 12.5 Å². The summed E-state index contributed by atoms with van der Waals surface area (Å²) < 4.78 is 12.1. The van der Waals surface area contributed by atoms with Crippen molar-refractivity contribution in [3.63, 3.8) is 0 Å². The van der Waals surface area contributed by atoms with Crippen LogP contribution in [0.15, 0.2) is 35.3 Å². The summed E-state index contributed by atoms with van der Waals surface area (Å²) in [6, 6.07) is 2.02. The summed E-state index contributed by atoms with van der Waals surface area (Å²) in [4.78, 5) is 8.78. The molecule has 32 heavy (non-hydrogen) atoms. The van der Waals surface area contributed by atoms with E-state index in [1.165, 1.54) is 11.1 Å². The number of nitrogen functional groups attached to an aromatic ring is 1. The minimum absolute atomic E-state index is 0.323. The predicted octanol–water partition coefficient (Wildman–Crippen LogP) is 3.90. The highest BCUT2D eigenvalue weighted by Gasteiger charge is 2.24. The van der Waals surface area contributed by atoms with Gasteiger partial charge in [-0.2, -0.15) is 5.10 Å². The molecule has 0 spiro atoms. The fourth-order valence-electron chi connectivity index (χ4n) is 4.61. The van der Waals surface area contributed by atoms with Crippen LogP contribution >= 0.6 is 0 Å². The van der Waals surface area contributed by atoms with E-state index >= 15 is 0 Å². The molecule has 1 fully saturated rings. The highest BCUT2D eigenvalue weighted by molar-refractivity contribution is 5.98. The van der Waals surface area contributed by atoms with Crippen molar-refractivity contribution in [1.29, 1.82) is 0 Å². The molecule has 0 bridgehead atoms. The first-order valence-corrected chi connectivity index (χ1v) is 11.1. The third kappa shape index (κ3) is 3.71. The number of pyridine rings is 2. The molecular formula is C24H28N6O2. The number of aromatic nitrogens is 4. The highest BCUT2D eigenvalue weighted by Crippen LogP contribution is 2.40. The third-order valence-electron chi connectivity index (χ3n) is 6.39. The molecule has 1 aliphatic rings. The lowest BCUT2D eigenvalue weighted by molar-refractivity contribution is 0.321. The van der Waals surface area contributed by atoms with Crippen LogP contribution in [0.5, 0.6) is 5.75 Å². The van der Waals surface area contributed by atoms with Crippen LogP contribution in [0.1, 0.15) is 41.3 Å². The summed E-state index contributed by atoms with van der Waals surface area (Å²) in [5.41, 5.74) is 13.3.